The monoisotopic (exact) mass is 388 g/mol. The van der Waals surface area contributed by atoms with Crippen LogP contribution in [-0.4, -0.2) is 9.71 Å². The zero-order valence-electron chi connectivity index (χ0n) is 15.0. The highest BCUT2D eigenvalue weighted by atomic mass is 35.5. The molecule has 1 heterocycles. The maximum Gasteiger partial charge on any atom is 0.294 e. The average molecular weight is 389 g/mol. The van der Waals surface area contributed by atoms with Gasteiger partial charge in [-0.05, 0) is 29.3 Å². The van der Waals surface area contributed by atoms with E-state index in [9.17, 15) is 4.79 Å². The fraction of sp³-hybridized carbons (Fsp3) is 0.0435. The van der Waals surface area contributed by atoms with Gasteiger partial charge in [0.15, 0.2) is 5.82 Å². The molecule has 5 heteroatoms. The van der Waals surface area contributed by atoms with Crippen LogP contribution in [0.3, 0.4) is 0 Å². The number of fused-ring (bicyclic) bond motifs is 1. The molecule has 0 bridgehead atoms. The summed E-state index contributed by atoms with van der Waals surface area (Å²) in [6.07, 6.45) is 1.78. The summed E-state index contributed by atoms with van der Waals surface area (Å²) >= 11 is 6.09. The molecule has 0 spiro atoms. The number of halogens is 1. The van der Waals surface area contributed by atoms with E-state index >= 15 is 0 Å². The van der Waals surface area contributed by atoms with Gasteiger partial charge in [0.2, 0.25) is 0 Å². The van der Waals surface area contributed by atoms with Crippen LogP contribution in [0.15, 0.2) is 84.2 Å². The lowest BCUT2D eigenvalue weighted by Gasteiger charge is -2.14. The van der Waals surface area contributed by atoms with E-state index in [0.29, 0.717) is 21.7 Å². The maximum atomic E-state index is 13.1. The highest BCUT2D eigenvalue weighted by Gasteiger charge is 2.14. The molecule has 138 valence electrons. The third kappa shape index (κ3) is 3.55. The van der Waals surface area contributed by atoms with Crippen molar-refractivity contribution in [3.8, 4) is 11.4 Å². The molecule has 0 atom stereocenters. The van der Waals surface area contributed by atoms with Crippen LogP contribution in [0.4, 0.5) is 0 Å². The minimum Gasteiger partial charge on any atom is -0.404 e. The van der Waals surface area contributed by atoms with Crippen molar-refractivity contribution >= 4 is 28.6 Å². The number of rotatable bonds is 5. The molecule has 0 aliphatic carbocycles. The SMILES string of the molecule is C=Cc1ccc(COn2c(-c3ccccc3)nc3cc(Cl)ccc3c2=O)cc1. The van der Waals surface area contributed by atoms with Crippen LogP contribution < -0.4 is 10.4 Å². The van der Waals surface area contributed by atoms with E-state index in [1.807, 2.05) is 54.6 Å². The number of hydrogen-bond donors (Lipinski definition) is 0. The lowest BCUT2D eigenvalue weighted by molar-refractivity contribution is 0.0920. The first-order valence-corrected chi connectivity index (χ1v) is 9.16. The van der Waals surface area contributed by atoms with Crippen LogP contribution in [0.1, 0.15) is 11.1 Å². The van der Waals surface area contributed by atoms with Gasteiger partial charge in [-0.25, -0.2) is 4.98 Å². The summed E-state index contributed by atoms with van der Waals surface area (Å²) in [5.74, 6) is 0.433. The Morgan fingerprint density at radius 3 is 2.50 bits per heavy atom. The molecule has 0 fully saturated rings. The summed E-state index contributed by atoms with van der Waals surface area (Å²) in [5, 5.41) is 0.977. The van der Waals surface area contributed by atoms with Crippen LogP contribution in [-0.2, 0) is 6.61 Å². The molecule has 4 aromatic rings. The second kappa shape index (κ2) is 7.71. The van der Waals surface area contributed by atoms with E-state index in [0.717, 1.165) is 16.7 Å². The molecule has 4 nitrogen and oxygen atoms in total. The van der Waals surface area contributed by atoms with E-state index in [1.165, 1.54) is 4.73 Å². The second-order valence-corrected chi connectivity index (χ2v) is 6.72. The highest BCUT2D eigenvalue weighted by Crippen LogP contribution is 2.20. The fourth-order valence-corrected chi connectivity index (χ4v) is 3.09. The van der Waals surface area contributed by atoms with Crippen molar-refractivity contribution in [1.29, 1.82) is 0 Å². The normalized spacial score (nSPS) is 10.8. The Labute approximate surface area is 167 Å². The van der Waals surface area contributed by atoms with Crippen molar-refractivity contribution in [3.05, 3.63) is 106 Å². The highest BCUT2D eigenvalue weighted by molar-refractivity contribution is 6.31. The fourth-order valence-electron chi connectivity index (χ4n) is 2.92. The van der Waals surface area contributed by atoms with Crippen molar-refractivity contribution in [2.75, 3.05) is 0 Å². The van der Waals surface area contributed by atoms with Crippen LogP contribution in [0, 0.1) is 0 Å². The third-order valence-electron chi connectivity index (χ3n) is 4.40. The van der Waals surface area contributed by atoms with E-state index < -0.39 is 0 Å². The topological polar surface area (TPSA) is 44.1 Å². The van der Waals surface area contributed by atoms with E-state index in [2.05, 4.69) is 11.6 Å². The average Bonchev–Trinajstić information content (AvgIpc) is 2.73. The van der Waals surface area contributed by atoms with Gasteiger partial charge in [-0.15, -0.1) is 4.73 Å². The molecule has 0 amide bonds. The largest absolute Gasteiger partial charge is 0.404 e. The minimum absolute atomic E-state index is 0.234. The van der Waals surface area contributed by atoms with Gasteiger partial charge in [0.05, 0.1) is 10.9 Å². The van der Waals surface area contributed by atoms with Gasteiger partial charge in [0, 0.05) is 10.6 Å². The van der Waals surface area contributed by atoms with Crippen molar-refractivity contribution in [2.45, 2.75) is 6.61 Å². The summed E-state index contributed by atoms with van der Waals surface area (Å²) in [4.78, 5) is 23.6. The number of hydrogen-bond acceptors (Lipinski definition) is 3. The first kappa shape index (κ1) is 18.0. The molecule has 0 aliphatic heterocycles. The first-order chi connectivity index (χ1) is 13.7. The smallest absolute Gasteiger partial charge is 0.294 e. The quantitative estimate of drug-likeness (QED) is 0.484. The van der Waals surface area contributed by atoms with Gasteiger partial charge < -0.3 is 4.84 Å². The standard InChI is InChI=1S/C23H17ClN2O2/c1-2-16-8-10-17(11-9-16)15-28-26-22(18-6-4-3-5-7-18)25-21-14-19(24)12-13-20(21)23(26)27/h2-14H,1,15H2. The van der Waals surface area contributed by atoms with Crippen LogP contribution in [0.25, 0.3) is 28.4 Å². The van der Waals surface area contributed by atoms with Crippen LogP contribution in [0.5, 0.6) is 0 Å². The number of aromatic nitrogens is 2. The van der Waals surface area contributed by atoms with Gasteiger partial charge >= 0.3 is 0 Å². The van der Waals surface area contributed by atoms with E-state index in [1.54, 1.807) is 24.3 Å². The Bertz CT molecular complexity index is 1200. The van der Waals surface area contributed by atoms with Gasteiger partial charge in [-0.2, -0.15) is 0 Å². The zero-order valence-corrected chi connectivity index (χ0v) is 15.8. The first-order valence-electron chi connectivity index (χ1n) is 8.78. The predicted molar refractivity (Wildman–Crippen MR) is 113 cm³/mol. The Morgan fingerprint density at radius 2 is 1.79 bits per heavy atom. The zero-order chi connectivity index (χ0) is 19.5. The van der Waals surface area contributed by atoms with Gasteiger partial charge in [0.1, 0.15) is 6.61 Å². The van der Waals surface area contributed by atoms with Gasteiger partial charge in [-0.1, -0.05) is 78.9 Å². The molecule has 3 aromatic carbocycles. The maximum absolute atomic E-state index is 13.1. The molecule has 4 rings (SSSR count). The summed E-state index contributed by atoms with van der Waals surface area (Å²) in [6, 6.07) is 22.3. The molecule has 0 N–H and O–H groups in total. The molecule has 1 aromatic heterocycles. The van der Waals surface area contributed by atoms with Crippen molar-refractivity contribution in [1.82, 2.24) is 9.71 Å². The summed E-state index contributed by atoms with van der Waals surface area (Å²) in [7, 11) is 0. The summed E-state index contributed by atoms with van der Waals surface area (Å²) in [6.45, 7) is 3.99. The number of nitrogens with zero attached hydrogens (tertiary/aromatic N) is 2. The molecule has 0 saturated heterocycles. The second-order valence-electron chi connectivity index (χ2n) is 6.28. The van der Waals surface area contributed by atoms with Crippen molar-refractivity contribution < 1.29 is 4.84 Å². The Kier molecular flexibility index (Phi) is 4.96. The lowest BCUT2D eigenvalue weighted by Crippen LogP contribution is -2.29. The minimum atomic E-state index is -0.275. The lowest BCUT2D eigenvalue weighted by atomic mass is 10.1. The molecule has 0 radical (unpaired) electrons. The summed E-state index contributed by atoms with van der Waals surface area (Å²) in [5.41, 5.74) is 3.00. The van der Waals surface area contributed by atoms with Gasteiger partial charge in [0.25, 0.3) is 5.56 Å². The van der Waals surface area contributed by atoms with E-state index in [-0.39, 0.29) is 12.2 Å². The van der Waals surface area contributed by atoms with Crippen molar-refractivity contribution in [2.24, 2.45) is 0 Å². The Hall–Kier alpha value is -3.37. The molecule has 0 unspecified atom stereocenters. The van der Waals surface area contributed by atoms with Crippen molar-refractivity contribution in [3.63, 3.8) is 0 Å². The molecule has 0 saturated carbocycles. The molecular weight excluding hydrogens is 372 g/mol. The molecule has 28 heavy (non-hydrogen) atoms. The molecular formula is C23H17ClN2O2. The Balaban J connectivity index is 1.80. The van der Waals surface area contributed by atoms with Gasteiger partial charge in [-0.3, -0.25) is 4.79 Å². The van der Waals surface area contributed by atoms with E-state index in [4.69, 9.17) is 16.4 Å². The van der Waals surface area contributed by atoms with Crippen LogP contribution in [0.2, 0.25) is 5.02 Å². The third-order valence-corrected chi connectivity index (χ3v) is 4.64. The number of benzene rings is 3. The summed E-state index contributed by atoms with van der Waals surface area (Å²) < 4.78 is 1.26. The van der Waals surface area contributed by atoms with Crippen LogP contribution >= 0.6 is 11.6 Å². The predicted octanol–water partition coefficient (Wildman–Crippen LogP) is 4.99. The molecule has 0 aliphatic rings. The Morgan fingerprint density at radius 1 is 1.04 bits per heavy atom.